The molecule has 4 nitrogen and oxygen atoms in total. The van der Waals surface area contributed by atoms with E-state index in [-0.39, 0.29) is 6.61 Å². The molecule has 4 aromatic rings. The normalized spacial score (nSPS) is 11.4. The van der Waals surface area contributed by atoms with Crippen molar-refractivity contribution in [1.82, 2.24) is 4.98 Å². The number of amides is 1. The van der Waals surface area contributed by atoms with Gasteiger partial charge in [0.05, 0.1) is 6.61 Å². The summed E-state index contributed by atoms with van der Waals surface area (Å²) in [7, 11) is 0. The number of benzene rings is 3. The maximum atomic E-state index is 12.4. The number of fused-ring (bicyclic) bond motifs is 1. The van der Waals surface area contributed by atoms with Gasteiger partial charge in [-0.3, -0.25) is 4.79 Å². The second-order valence-corrected chi connectivity index (χ2v) is 8.29. The van der Waals surface area contributed by atoms with Gasteiger partial charge in [0.25, 0.3) is 0 Å². The Labute approximate surface area is 182 Å². The van der Waals surface area contributed by atoms with Crippen LogP contribution in [0.2, 0.25) is 0 Å². The predicted molar refractivity (Wildman–Crippen MR) is 126 cm³/mol. The number of hydrogen-bond donors (Lipinski definition) is 3. The molecule has 4 heteroatoms. The maximum absolute atomic E-state index is 12.4. The van der Waals surface area contributed by atoms with Gasteiger partial charge in [-0.2, -0.15) is 0 Å². The zero-order chi connectivity index (χ0) is 22.0. The molecule has 0 spiro atoms. The van der Waals surface area contributed by atoms with E-state index in [0.29, 0.717) is 23.5 Å². The first-order valence-electron chi connectivity index (χ1n) is 10.7. The van der Waals surface area contributed by atoms with Gasteiger partial charge in [0.1, 0.15) is 0 Å². The average molecular weight is 413 g/mol. The number of rotatable bonds is 7. The van der Waals surface area contributed by atoms with E-state index in [9.17, 15) is 9.90 Å². The molecule has 0 saturated carbocycles. The van der Waals surface area contributed by atoms with Crippen LogP contribution in [0.4, 0.5) is 0 Å². The van der Waals surface area contributed by atoms with Gasteiger partial charge >= 0.3 is 0 Å². The minimum Gasteiger partial charge on any atom is -0.392 e. The number of aliphatic hydroxyl groups excluding tert-OH is 1. The van der Waals surface area contributed by atoms with Crippen molar-refractivity contribution in [2.45, 2.75) is 39.2 Å². The van der Waals surface area contributed by atoms with Gasteiger partial charge in [-0.1, -0.05) is 68.4 Å². The van der Waals surface area contributed by atoms with Gasteiger partial charge in [-0.15, -0.1) is 0 Å². The summed E-state index contributed by atoms with van der Waals surface area (Å²) in [4.78, 5) is 15.8. The van der Waals surface area contributed by atoms with Crippen LogP contribution in [-0.4, -0.2) is 16.0 Å². The van der Waals surface area contributed by atoms with E-state index in [2.05, 4.69) is 55.2 Å². The number of aryl methyl sites for hydroxylation is 1. The van der Waals surface area contributed by atoms with Crippen molar-refractivity contribution in [2.24, 2.45) is 5.73 Å². The molecule has 0 unspecified atom stereocenters. The van der Waals surface area contributed by atoms with E-state index in [1.54, 1.807) is 0 Å². The quantitative estimate of drug-likeness (QED) is 0.383. The number of aliphatic hydroxyl groups is 1. The summed E-state index contributed by atoms with van der Waals surface area (Å²) >= 11 is 0. The van der Waals surface area contributed by atoms with Crippen LogP contribution >= 0.6 is 0 Å². The van der Waals surface area contributed by atoms with Crippen LogP contribution in [0.15, 0.2) is 66.9 Å². The number of aromatic nitrogens is 1. The predicted octanol–water partition coefficient (Wildman–Crippen LogP) is 5.33. The monoisotopic (exact) mass is 412 g/mol. The Bertz CT molecular complexity index is 1240. The fourth-order valence-corrected chi connectivity index (χ4v) is 4.33. The molecule has 31 heavy (non-hydrogen) atoms. The highest BCUT2D eigenvalue weighted by molar-refractivity contribution is 5.98. The number of primary amides is 1. The lowest BCUT2D eigenvalue weighted by atomic mass is 9.87. The summed E-state index contributed by atoms with van der Waals surface area (Å²) in [6, 6.07) is 20.4. The highest BCUT2D eigenvalue weighted by Crippen LogP contribution is 2.32. The first-order chi connectivity index (χ1) is 15.0. The molecule has 0 saturated heterocycles. The number of carbonyl (C=O) groups excluding carboxylic acids is 1. The van der Waals surface area contributed by atoms with Crippen LogP contribution in [0.1, 0.15) is 52.4 Å². The van der Waals surface area contributed by atoms with Gasteiger partial charge in [-0.05, 0) is 58.2 Å². The van der Waals surface area contributed by atoms with Gasteiger partial charge in [0.2, 0.25) is 5.91 Å². The van der Waals surface area contributed by atoms with Crippen LogP contribution in [0.25, 0.3) is 22.0 Å². The maximum Gasteiger partial charge on any atom is 0.249 e. The Kier molecular flexibility index (Phi) is 5.92. The molecule has 0 atom stereocenters. The first-order valence-corrected chi connectivity index (χ1v) is 10.7. The molecule has 4 N–H and O–H groups in total. The van der Waals surface area contributed by atoms with E-state index in [1.165, 1.54) is 16.5 Å². The number of nitrogens with one attached hydrogen (secondary N) is 1. The summed E-state index contributed by atoms with van der Waals surface area (Å²) < 4.78 is 0. The van der Waals surface area contributed by atoms with E-state index >= 15 is 0 Å². The van der Waals surface area contributed by atoms with Gasteiger partial charge in [0.15, 0.2) is 0 Å². The summed E-state index contributed by atoms with van der Waals surface area (Å²) in [5, 5.41) is 11.0. The third-order valence-corrected chi connectivity index (χ3v) is 6.00. The number of nitrogens with two attached hydrogens (primary N) is 1. The SMILES string of the molecule is CC(C)c1cccc(-c2ccc(CO)c(C(N)=O)c2CCc2c[nH]c3ccccc23)c1. The Hall–Kier alpha value is -3.37. The largest absolute Gasteiger partial charge is 0.392 e. The Morgan fingerprint density at radius 1 is 1.00 bits per heavy atom. The number of aromatic amines is 1. The minimum absolute atomic E-state index is 0.218. The lowest BCUT2D eigenvalue weighted by Gasteiger charge is -2.18. The van der Waals surface area contributed by atoms with Crippen molar-refractivity contribution in [3.63, 3.8) is 0 Å². The highest BCUT2D eigenvalue weighted by atomic mass is 16.3. The molecule has 4 rings (SSSR count). The van der Waals surface area contributed by atoms with Crippen molar-refractivity contribution in [1.29, 1.82) is 0 Å². The second kappa shape index (κ2) is 8.78. The van der Waals surface area contributed by atoms with Crippen LogP contribution < -0.4 is 5.73 Å². The molecule has 0 aliphatic heterocycles. The zero-order valence-corrected chi connectivity index (χ0v) is 18.0. The van der Waals surface area contributed by atoms with E-state index in [1.807, 2.05) is 30.5 Å². The molecular formula is C27H28N2O2. The van der Waals surface area contributed by atoms with E-state index < -0.39 is 5.91 Å². The van der Waals surface area contributed by atoms with Crippen molar-refractivity contribution >= 4 is 16.8 Å². The summed E-state index contributed by atoms with van der Waals surface area (Å²) in [5.41, 5.74) is 13.3. The van der Waals surface area contributed by atoms with Crippen molar-refractivity contribution in [2.75, 3.05) is 0 Å². The number of carbonyl (C=O) groups is 1. The molecule has 3 aromatic carbocycles. The molecular weight excluding hydrogens is 384 g/mol. The van der Waals surface area contributed by atoms with Gasteiger partial charge in [-0.25, -0.2) is 0 Å². The zero-order valence-electron chi connectivity index (χ0n) is 18.0. The molecule has 1 aromatic heterocycles. The smallest absolute Gasteiger partial charge is 0.249 e. The van der Waals surface area contributed by atoms with Crippen LogP contribution in [0, 0.1) is 0 Å². The number of para-hydroxylation sites is 1. The number of H-pyrrole nitrogens is 1. The van der Waals surface area contributed by atoms with Crippen molar-refractivity contribution in [3.05, 3.63) is 94.7 Å². The highest BCUT2D eigenvalue weighted by Gasteiger charge is 2.19. The standard InChI is InChI=1S/C27H28N2O2/c1-17(2)18-6-5-7-19(14-18)22-12-11-21(16-30)26(27(28)31)24(22)13-10-20-15-29-25-9-4-3-8-23(20)25/h3-9,11-12,14-15,17,29-30H,10,13,16H2,1-2H3,(H2,28,31). The minimum atomic E-state index is -0.500. The van der Waals surface area contributed by atoms with Crippen LogP contribution in [-0.2, 0) is 19.4 Å². The lowest BCUT2D eigenvalue weighted by molar-refractivity contribution is 0.0996. The van der Waals surface area contributed by atoms with Gasteiger partial charge in [0, 0.05) is 22.7 Å². The summed E-state index contributed by atoms with van der Waals surface area (Å²) in [6.45, 7) is 4.12. The third kappa shape index (κ3) is 4.12. The summed E-state index contributed by atoms with van der Waals surface area (Å²) in [6.07, 6.45) is 3.44. The fraction of sp³-hybridized carbons (Fsp3) is 0.222. The molecule has 158 valence electrons. The lowest BCUT2D eigenvalue weighted by Crippen LogP contribution is -2.18. The molecule has 1 amide bonds. The Balaban J connectivity index is 1.82. The fourth-order valence-electron chi connectivity index (χ4n) is 4.33. The van der Waals surface area contributed by atoms with Crippen molar-refractivity contribution in [3.8, 4) is 11.1 Å². The van der Waals surface area contributed by atoms with Crippen molar-refractivity contribution < 1.29 is 9.90 Å². The Morgan fingerprint density at radius 2 is 1.81 bits per heavy atom. The number of hydrogen-bond acceptors (Lipinski definition) is 2. The summed E-state index contributed by atoms with van der Waals surface area (Å²) in [5.74, 6) is -0.0956. The van der Waals surface area contributed by atoms with Crippen LogP contribution in [0.5, 0.6) is 0 Å². The molecule has 0 aliphatic rings. The average Bonchev–Trinajstić information content (AvgIpc) is 3.20. The topological polar surface area (TPSA) is 79.1 Å². The molecule has 0 bridgehead atoms. The molecule has 0 radical (unpaired) electrons. The Morgan fingerprint density at radius 3 is 2.55 bits per heavy atom. The van der Waals surface area contributed by atoms with E-state index in [0.717, 1.165) is 28.6 Å². The van der Waals surface area contributed by atoms with Crippen LogP contribution in [0.3, 0.4) is 0 Å². The second-order valence-electron chi connectivity index (χ2n) is 8.29. The molecule has 0 aliphatic carbocycles. The van der Waals surface area contributed by atoms with E-state index in [4.69, 9.17) is 5.73 Å². The molecule has 1 heterocycles. The first kappa shape index (κ1) is 20.9. The third-order valence-electron chi connectivity index (χ3n) is 6.00. The van der Waals surface area contributed by atoms with Gasteiger partial charge < -0.3 is 15.8 Å². The molecule has 0 fully saturated rings.